The zero-order chi connectivity index (χ0) is 31.0. The highest BCUT2D eigenvalue weighted by molar-refractivity contribution is 6.04. The summed E-state index contributed by atoms with van der Waals surface area (Å²) < 4.78 is 43.0. The fourth-order valence-electron chi connectivity index (χ4n) is 5.32. The topological polar surface area (TPSA) is 108 Å². The average molecular weight is 607 g/mol. The molecule has 4 heterocycles. The first kappa shape index (κ1) is 29.7. The monoisotopic (exact) mass is 606 g/mol. The van der Waals surface area contributed by atoms with Crippen molar-refractivity contribution < 1.29 is 22.8 Å². The Hall–Kier alpha value is -4.36. The van der Waals surface area contributed by atoms with Gasteiger partial charge >= 0.3 is 6.18 Å². The molecule has 4 aromatic rings. The van der Waals surface area contributed by atoms with Gasteiger partial charge in [-0.25, -0.2) is 9.50 Å². The smallest absolute Gasteiger partial charge is 0.322 e. The van der Waals surface area contributed by atoms with Crippen molar-refractivity contribution in [2.45, 2.75) is 39.4 Å². The molecule has 1 saturated carbocycles. The van der Waals surface area contributed by atoms with Crippen LogP contribution >= 0.6 is 0 Å². The van der Waals surface area contributed by atoms with Gasteiger partial charge in [-0.15, -0.1) is 0 Å². The van der Waals surface area contributed by atoms with Gasteiger partial charge in [0.05, 0.1) is 23.0 Å². The third-order valence-corrected chi connectivity index (χ3v) is 8.04. The zero-order valence-corrected chi connectivity index (χ0v) is 24.5. The molecule has 6 rings (SSSR count). The van der Waals surface area contributed by atoms with Crippen LogP contribution in [0.2, 0.25) is 0 Å². The number of likely N-dealkylation sites (N-methyl/N-ethyl adjacent to an activating group) is 1. The van der Waals surface area contributed by atoms with Crippen molar-refractivity contribution in [3.63, 3.8) is 0 Å². The Morgan fingerprint density at radius 2 is 1.75 bits per heavy atom. The second-order valence-corrected chi connectivity index (χ2v) is 11.3. The van der Waals surface area contributed by atoms with Gasteiger partial charge in [0, 0.05) is 61.8 Å². The van der Waals surface area contributed by atoms with Gasteiger partial charge in [0.15, 0.2) is 11.5 Å². The molecule has 0 radical (unpaired) electrons. The number of aryl methyl sites for hydroxylation is 1. The number of nitrogens with one attached hydrogen (secondary N) is 2. The molecular formula is C31H33F3N8O2. The van der Waals surface area contributed by atoms with E-state index >= 15 is 0 Å². The third-order valence-electron chi connectivity index (χ3n) is 8.04. The molecule has 0 bridgehead atoms. The van der Waals surface area contributed by atoms with Gasteiger partial charge in [-0.1, -0.05) is 6.92 Å². The molecule has 2 amide bonds. The highest BCUT2D eigenvalue weighted by atomic mass is 19.4. The number of carbonyl (C=O) groups is 2. The maximum Gasteiger partial charge on any atom is 0.416 e. The number of piperazine rings is 1. The summed E-state index contributed by atoms with van der Waals surface area (Å²) in [4.78, 5) is 38.6. The zero-order valence-electron chi connectivity index (χ0n) is 24.5. The van der Waals surface area contributed by atoms with Crippen molar-refractivity contribution in [3.05, 3.63) is 71.2 Å². The summed E-state index contributed by atoms with van der Waals surface area (Å²) in [5.74, 6) is -0.210. The minimum Gasteiger partial charge on any atom is -0.322 e. The predicted octanol–water partition coefficient (Wildman–Crippen LogP) is 4.86. The Morgan fingerprint density at radius 3 is 2.45 bits per heavy atom. The van der Waals surface area contributed by atoms with Gasteiger partial charge in [0.1, 0.15) is 0 Å². The largest absolute Gasteiger partial charge is 0.416 e. The normalized spacial score (nSPS) is 16.3. The summed E-state index contributed by atoms with van der Waals surface area (Å²) in [5, 5.41) is 10.0. The molecule has 13 heteroatoms. The Kier molecular flexibility index (Phi) is 8.08. The first-order valence-corrected chi connectivity index (χ1v) is 14.7. The van der Waals surface area contributed by atoms with Crippen LogP contribution in [-0.2, 0) is 17.5 Å². The summed E-state index contributed by atoms with van der Waals surface area (Å²) in [6.45, 7) is 8.42. The van der Waals surface area contributed by atoms with Gasteiger partial charge in [-0.05, 0) is 68.3 Å². The number of halogens is 3. The number of benzene rings is 1. The molecule has 10 nitrogen and oxygen atoms in total. The summed E-state index contributed by atoms with van der Waals surface area (Å²) in [5.41, 5.74) is 2.14. The summed E-state index contributed by atoms with van der Waals surface area (Å²) in [6, 6.07) is 8.78. The number of nitrogens with zero attached hydrogens (tertiary/aromatic N) is 6. The molecule has 1 aromatic carbocycles. The van der Waals surface area contributed by atoms with Crippen molar-refractivity contribution in [1.29, 1.82) is 0 Å². The first-order chi connectivity index (χ1) is 21.1. The fraction of sp³-hybridized carbons (Fsp3) is 0.387. The third kappa shape index (κ3) is 6.73. The summed E-state index contributed by atoms with van der Waals surface area (Å²) in [6.07, 6.45) is 0.199. The second kappa shape index (κ2) is 12.0. The van der Waals surface area contributed by atoms with E-state index in [0.29, 0.717) is 40.5 Å². The number of alkyl halides is 3. The lowest BCUT2D eigenvalue weighted by molar-refractivity contribution is -0.137. The van der Waals surface area contributed by atoms with Crippen molar-refractivity contribution >= 4 is 29.0 Å². The number of hydrogen-bond acceptors (Lipinski definition) is 7. The van der Waals surface area contributed by atoms with Crippen LogP contribution in [0.15, 0.2) is 48.8 Å². The fourth-order valence-corrected chi connectivity index (χ4v) is 5.32. The van der Waals surface area contributed by atoms with E-state index in [1.165, 1.54) is 10.7 Å². The van der Waals surface area contributed by atoms with Crippen LogP contribution in [-0.4, -0.2) is 73.9 Å². The maximum absolute atomic E-state index is 13.8. The number of aromatic nitrogens is 4. The number of rotatable bonds is 8. The van der Waals surface area contributed by atoms with E-state index in [9.17, 15) is 22.8 Å². The number of pyridine rings is 1. The number of amides is 2. The van der Waals surface area contributed by atoms with E-state index in [1.54, 1.807) is 37.4 Å². The van der Waals surface area contributed by atoms with Gasteiger partial charge in [-0.3, -0.25) is 19.5 Å². The van der Waals surface area contributed by atoms with Gasteiger partial charge in [0.25, 0.3) is 5.91 Å². The lowest BCUT2D eigenvalue weighted by atomic mass is 10.1. The number of imidazole rings is 1. The quantitative estimate of drug-likeness (QED) is 0.295. The van der Waals surface area contributed by atoms with Crippen LogP contribution in [0.1, 0.15) is 46.9 Å². The van der Waals surface area contributed by atoms with Crippen LogP contribution in [0.3, 0.4) is 0 Å². The maximum atomic E-state index is 13.8. The minimum atomic E-state index is -4.56. The molecule has 44 heavy (non-hydrogen) atoms. The summed E-state index contributed by atoms with van der Waals surface area (Å²) >= 11 is 0. The average Bonchev–Trinajstić information content (AvgIpc) is 3.77. The van der Waals surface area contributed by atoms with Gasteiger partial charge in [-0.2, -0.15) is 18.3 Å². The van der Waals surface area contributed by atoms with E-state index in [2.05, 4.69) is 42.4 Å². The molecule has 2 N–H and O–H groups in total. The van der Waals surface area contributed by atoms with E-state index in [-0.39, 0.29) is 23.1 Å². The van der Waals surface area contributed by atoms with E-state index in [1.807, 2.05) is 0 Å². The number of fused-ring (bicyclic) bond motifs is 1. The van der Waals surface area contributed by atoms with Crippen LogP contribution in [0, 0.1) is 12.8 Å². The Labute approximate surface area is 252 Å². The second-order valence-electron chi connectivity index (χ2n) is 11.3. The molecule has 1 aliphatic heterocycles. The van der Waals surface area contributed by atoms with Crippen LogP contribution in [0.25, 0.3) is 16.9 Å². The first-order valence-electron chi connectivity index (χ1n) is 14.7. The van der Waals surface area contributed by atoms with Crippen LogP contribution in [0.4, 0.5) is 24.7 Å². The van der Waals surface area contributed by atoms with Crippen LogP contribution in [0.5, 0.6) is 0 Å². The molecule has 0 unspecified atom stereocenters. The molecule has 2 aliphatic rings. The Balaban J connectivity index is 1.22. The van der Waals surface area contributed by atoms with Crippen molar-refractivity contribution in [2.75, 3.05) is 43.4 Å². The molecule has 230 valence electrons. The molecule has 0 atom stereocenters. The van der Waals surface area contributed by atoms with Crippen LogP contribution < -0.4 is 10.6 Å². The molecule has 2 fully saturated rings. The number of hydrogen-bond donors (Lipinski definition) is 2. The van der Waals surface area contributed by atoms with E-state index < -0.39 is 17.6 Å². The molecule has 0 spiro atoms. The highest BCUT2D eigenvalue weighted by Crippen LogP contribution is 2.33. The van der Waals surface area contributed by atoms with Crippen molar-refractivity contribution in [2.24, 2.45) is 5.92 Å². The van der Waals surface area contributed by atoms with Crippen molar-refractivity contribution in [3.8, 4) is 11.3 Å². The highest BCUT2D eigenvalue weighted by Gasteiger charge is 2.32. The molecule has 1 saturated heterocycles. The predicted molar refractivity (Wildman–Crippen MR) is 159 cm³/mol. The van der Waals surface area contributed by atoms with E-state index in [4.69, 9.17) is 0 Å². The molecular weight excluding hydrogens is 573 g/mol. The summed E-state index contributed by atoms with van der Waals surface area (Å²) in [7, 11) is 0. The SMILES string of the molecule is CCN1CCN(Cc2cc(NC(=O)c3cnc(C)c(-c4ccc5nc(NC(=O)C6CC6)cn5n4)c3)cc(C(F)(F)F)c2)CC1. The Bertz CT molecular complexity index is 1710. The van der Waals surface area contributed by atoms with E-state index in [0.717, 1.165) is 57.7 Å². The standard InChI is InChI=1S/C31H33F3N8O2/c1-3-40-8-10-41(11-9-40)17-20-12-23(31(32,33)34)15-24(13-20)36-30(44)22-14-25(19(2)35-16-22)26-6-7-28-37-27(18-42(28)39-26)38-29(43)21-4-5-21/h6-7,12-16,18,21H,3-5,8-11,17H2,1-2H3,(H,36,44)(H,38,43). The lowest BCUT2D eigenvalue weighted by Gasteiger charge is -2.34. The van der Waals surface area contributed by atoms with Crippen molar-refractivity contribution in [1.82, 2.24) is 29.4 Å². The minimum absolute atomic E-state index is 0.0372. The lowest BCUT2D eigenvalue weighted by Crippen LogP contribution is -2.45. The molecule has 3 aromatic heterocycles. The van der Waals surface area contributed by atoms with Gasteiger partial charge in [0.2, 0.25) is 5.91 Å². The Morgan fingerprint density at radius 1 is 1.00 bits per heavy atom. The molecule has 1 aliphatic carbocycles. The number of anilines is 2. The number of carbonyl (C=O) groups excluding carboxylic acids is 2. The van der Waals surface area contributed by atoms with Gasteiger partial charge < -0.3 is 15.5 Å².